The first-order chi connectivity index (χ1) is 17.0. The SMILES string of the molecule is COc1ccc(C(O)(c2ccc(OCCCC(=O)OC(C)(C)C)cc2)c2ccc(N(C)C)cc2)cc1. The molecule has 6 heteroatoms. The predicted molar refractivity (Wildman–Crippen MR) is 143 cm³/mol. The van der Waals surface area contributed by atoms with Gasteiger partial charge in [-0.25, -0.2) is 0 Å². The van der Waals surface area contributed by atoms with Gasteiger partial charge in [-0.3, -0.25) is 4.79 Å². The quantitative estimate of drug-likeness (QED) is 0.228. The van der Waals surface area contributed by atoms with E-state index in [1.165, 1.54) is 0 Å². The van der Waals surface area contributed by atoms with Gasteiger partial charge in [0.2, 0.25) is 0 Å². The summed E-state index contributed by atoms with van der Waals surface area (Å²) in [6, 6.07) is 22.7. The normalized spacial score (nSPS) is 13.0. The number of aliphatic hydroxyl groups is 1. The molecule has 0 fully saturated rings. The molecule has 0 radical (unpaired) electrons. The number of ether oxygens (including phenoxy) is 3. The molecule has 1 atom stereocenters. The molecule has 0 amide bonds. The number of rotatable bonds is 10. The zero-order chi connectivity index (χ0) is 26.3. The molecule has 0 spiro atoms. The second-order valence-corrected chi connectivity index (χ2v) is 9.94. The van der Waals surface area contributed by atoms with Crippen molar-refractivity contribution >= 4 is 11.7 Å². The Kier molecular flexibility index (Phi) is 8.64. The van der Waals surface area contributed by atoms with Crippen molar-refractivity contribution in [3.05, 3.63) is 89.5 Å². The van der Waals surface area contributed by atoms with Crippen molar-refractivity contribution in [1.29, 1.82) is 0 Å². The van der Waals surface area contributed by atoms with Crippen LogP contribution in [0.3, 0.4) is 0 Å². The number of benzene rings is 3. The Morgan fingerprint density at radius 2 is 1.28 bits per heavy atom. The van der Waals surface area contributed by atoms with Crippen LogP contribution in [0.15, 0.2) is 72.8 Å². The molecule has 1 N–H and O–H groups in total. The summed E-state index contributed by atoms with van der Waals surface area (Å²) in [4.78, 5) is 13.9. The maximum atomic E-state index is 12.1. The Morgan fingerprint density at radius 1 is 0.806 bits per heavy atom. The third-order valence-corrected chi connectivity index (χ3v) is 5.80. The maximum absolute atomic E-state index is 12.1. The summed E-state index contributed by atoms with van der Waals surface area (Å²) >= 11 is 0. The first-order valence-corrected chi connectivity index (χ1v) is 12.1. The van der Waals surface area contributed by atoms with Gasteiger partial charge in [0.1, 0.15) is 22.7 Å². The van der Waals surface area contributed by atoms with Crippen molar-refractivity contribution in [3.63, 3.8) is 0 Å². The van der Waals surface area contributed by atoms with Crippen LogP contribution < -0.4 is 14.4 Å². The summed E-state index contributed by atoms with van der Waals surface area (Å²) in [7, 11) is 5.58. The van der Waals surface area contributed by atoms with Crippen LogP contribution in [0.2, 0.25) is 0 Å². The Hall–Kier alpha value is -3.51. The molecule has 0 aliphatic rings. The van der Waals surface area contributed by atoms with Crippen molar-refractivity contribution in [2.75, 3.05) is 32.7 Å². The van der Waals surface area contributed by atoms with E-state index in [9.17, 15) is 9.90 Å². The molecule has 0 heterocycles. The zero-order valence-electron chi connectivity index (χ0n) is 22.1. The van der Waals surface area contributed by atoms with Crippen LogP contribution in [-0.4, -0.2) is 44.5 Å². The van der Waals surface area contributed by atoms with E-state index in [2.05, 4.69) is 0 Å². The molecule has 3 aromatic rings. The summed E-state index contributed by atoms with van der Waals surface area (Å²) in [6.45, 7) is 5.96. The Bertz CT molecular complexity index is 1120. The van der Waals surface area contributed by atoms with Gasteiger partial charge in [0.15, 0.2) is 0 Å². The summed E-state index contributed by atoms with van der Waals surface area (Å²) < 4.78 is 16.5. The lowest BCUT2D eigenvalue weighted by Crippen LogP contribution is -2.29. The van der Waals surface area contributed by atoms with Crippen molar-refractivity contribution < 1.29 is 24.1 Å². The van der Waals surface area contributed by atoms with Crippen LogP contribution in [0.4, 0.5) is 5.69 Å². The van der Waals surface area contributed by atoms with Crippen molar-refractivity contribution in [3.8, 4) is 11.5 Å². The van der Waals surface area contributed by atoms with E-state index < -0.39 is 11.2 Å². The van der Waals surface area contributed by atoms with E-state index in [0.717, 1.165) is 22.6 Å². The number of methoxy groups -OCH3 is 1. The lowest BCUT2D eigenvalue weighted by Gasteiger charge is -2.31. The highest BCUT2D eigenvalue weighted by Crippen LogP contribution is 2.38. The molecule has 0 aliphatic heterocycles. The summed E-state index contributed by atoms with van der Waals surface area (Å²) in [5.41, 5.74) is 1.39. The Morgan fingerprint density at radius 3 is 1.72 bits per heavy atom. The second-order valence-electron chi connectivity index (χ2n) is 9.94. The first kappa shape index (κ1) is 27.1. The van der Waals surface area contributed by atoms with Gasteiger partial charge in [-0.15, -0.1) is 0 Å². The van der Waals surface area contributed by atoms with Gasteiger partial charge in [-0.1, -0.05) is 36.4 Å². The van der Waals surface area contributed by atoms with Crippen LogP contribution in [0.1, 0.15) is 50.3 Å². The van der Waals surface area contributed by atoms with Crippen LogP contribution >= 0.6 is 0 Å². The van der Waals surface area contributed by atoms with Crippen molar-refractivity contribution in [2.24, 2.45) is 0 Å². The molecule has 3 rings (SSSR count). The first-order valence-electron chi connectivity index (χ1n) is 12.1. The number of carbonyl (C=O) groups is 1. The zero-order valence-corrected chi connectivity index (χ0v) is 22.1. The Balaban J connectivity index is 1.79. The average Bonchev–Trinajstić information content (AvgIpc) is 2.85. The number of anilines is 1. The van der Waals surface area contributed by atoms with E-state index in [1.54, 1.807) is 7.11 Å². The lowest BCUT2D eigenvalue weighted by molar-refractivity contribution is -0.155. The monoisotopic (exact) mass is 491 g/mol. The fraction of sp³-hybridized carbons (Fsp3) is 0.367. The number of carbonyl (C=O) groups excluding carboxylic acids is 1. The second kappa shape index (κ2) is 11.5. The summed E-state index contributed by atoms with van der Waals surface area (Å²) in [5, 5.41) is 12.1. The molecule has 192 valence electrons. The Labute approximate surface area is 214 Å². The lowest BCUT2D eigenvalue weighted by atomic mass is 9.80. The molecule has 1 unspecified atom stereocenters. The van der Waals surface area contributed by atoms with Gasteiger partial charge in [0, 0.05) is 26.2 Å². The average molecular weight is 492 g/mol. The highest BCUT2D eigenvalue weighted by molar-refractivity contribution is 5.69. The van der Waals surface area contributed by atoms with E-state index >= 15 is 0 Å². The topological polar surface area (TPSA) is 68.2 Å². The molecule has 0 saturated heterocycles. The molecular weight excluding hydrogens is 454 g/mol. The van der Waals surface area contributed by atoms with Gasteiger partial charge < -0.3 is 24.2 Å². The molecule has 36 heavy (non-hydrogen) atoms. The minimum Gasteiger partial charge on any atom is -0.497 e. The molecule has 0 saturated carbocycles. The third-order valence-electron chi connectivity index (χ3n) is 5.80. The number of nitrogens with zero attached hydrogens (tertiary/aromatic N) is 1. The van der Waals surface area contributed by atoms with Gasteiger partial charge in [-0.2, -0.15) is 0 Å². The van der Waals surface area contributed by atoms with Crippen LogP contribution in [0, 0.1) is 0 Å². The van der Waals surface area contributed by atoms with Crippen molar-refractivity contribution in [1.82, 2.24) is 0 Å². The van der Waals surface area contributed by atoms with Crippen LogP contribution in [0.25, 0.3) is 0 Å². The van der Waals surface area contributed by atoms with Gasteiger partial charge in [0.25, 0.3) is 0 Å². The number of hydrogen-bond donors (Lipinski definition) is 1. The number of esters is 1. The fourth-order valence-corrected chi connectivity index (χ4v) is 3.92. The van der Waals surface area contributed by atoms with Gasteiger partial charge in [0.05, 0.1) is 13.7 Å². The van der Waals surface area contributed by atoms with E-state index in [-0.39, 0.29) is 5.97 Å². The number of hydrogen-bond acceptors (Lipinski definition) is 6. The molecule has 3 aromatic carbocycles. The molecule has 0 bridgehead atoms. The van der Waals surface area contributed by atoms with Gasteiger partial charge >= 0.3 is 5.97 Å². The highest BCUT2D eigenvalue weighted by Gasteiger charge is 2.34. The smallest absolute Gasteiger partial charge is 0.306 e. The van der Waals surface area contributed by atoms with Crippen molar-refractivity contribution in [2.45, 2.75) is 44.8 Å². The highest BCUT2D eigenvalue weighted by atomic mass is 16.6. The largest absolute Gasteiger partial charge is 0.497 e. The minimum atomic E-state index is -1.37. The van der Waals surface area contributed by atoms with E-state index in [4.69, 9.17) is 14.2 Å². The van der Waals surface area contributed by atoms with Crippen LogP contribution in [0.5, 0.6) is 11.5 Å². The maximum Gasteiger partial charge on any atom is 0.306 e. The molecule has 0 aliphatic carbocycles. The molecule has 6 nitrogen and oxygen atoms in total. The van der Waals surface area contributed by atoms with Gasteiger partial charge in [-0.05, 0) is 80.3 Å². The fourth-order valence-electron chi connectivity index (χ4n) is 3.92. The molecular formula is C30H37NO5. The molecule has 0 aromatic heterocycles. The van der Waals surface area contributed by atoms with E-state index in [1.807, 2.05) is 113 Å². The van der Waals surface area contributed by atoms with Crippen LogP contribution in [-0.2, 0) is 15.1 Å². The standard InChI is InChI=1S/C30H37NO5/c1-29(2,3)36-28(32)8-7-21-35-27-19-13-24(14-20-27)30(33,23-11-17-26(34-6)18-12-23)22-9-15-25(16-10-22)31(4)5/h9-20,33H,7-8,21H2,1-6H3. The predicted octanol–water partition coefficient (Wildman–Crippen LogP) is 5.55. The minimum absolute atomic E-state index is 0.230. The third kappa shape index (κ3) is 6.79. The summed E-state index contributed by atoms with van der Waals surface area (Å²) in [5.74, 6) is 1.16. The summed E-state index contributed by atoms with van der Waals surface area (Å²) in [6.07, 6.45) is 0.861. The van der Waals surface area contributed by atoms with E-state index in [0.29, 0.717) is 30.8 Å².